The Balaban J connectivity index is 2.47. The lowest BCUT2D eigenvalue weighted by Gasteiger charge is -2.39. The van der Waals surface area contributed by atoms with Gasteiger partial charge in [-0.1, -0.05) is 25.3 Å². The Morgan fingerprint density at radius 2 is 1.89 bits per heavy atom. The summed E-state index contributed by atoms with van der Waals surface area (Å²) in [6, 6.07) is 5.12. The number of rotatable bonds is 3. The molecule has 0 aliphatic heterocycles. The highest BCUT2D eigenvalue weighted by molar-refractivity contribution is 5.56. The molecule has 3 heteroatoms. The highest BCUT2D eigenvalue weighted by Crippen LogP contribution is 2.42. The molecule has 0 saturated heterocycles. The predicted molar refractivity (Wildman–Crippen MR) is 74.5 cm³/mol. The molecule has 0 unspecified atom stereocenters. The standard InChI is InChI=1S/C15H23FN2/c1-18(2)14-10-12(16)6-7-13(14)15(11-17)8-4-3-5-9-15/h6-7,10H,3-5,8-9,11,17H2,1-2H3. The fourth-order valence-electron chi connectivity index (χ4n) is 3.14. The van der Waals surface area contributed by atoms with Crippen molar-refractivity contribution in [2.45, 2.75) is 37.5 Å². The molecule has 0 amide bonds. The first-order valence-electron chi connectivity index (χ1n) is 6.76. The van der Waals surface area contributed by atoms with Crippen LogP contribution in [0.25, 0.3) is 0 Å². The van der Waals surface area contributed by atoms with Crippen molar-refractivity contribution in [2.24, 2.45) is 5.73 Å². The minimum absolute atomic E-state index is 0.0472. The first-order chi connectivity index (χ1) is 8.59. The normalized spacial score (nSPS) is 18.7. The largest absolute Gasteiger partial charge is 0.377 e. The molecule has 1 aliphatic rings. The maximum Gasteiger partial charge on any atom is 0.125 e. The molecule has 18 heavy (non-hydrogen) atoms. The number of benzene rings is 1. The van der Waals surface area contributed by atoms with Gasteiger partial charge in [-0.05, 0) is 30.5 Å². The average molecular weight is 250 g/mol. The molecule has 2 nitrogen and oxygen atoms in total. The van der Waals surface area contributed by atoms with Gasteiger partial charge >= 0.3 is 0 Å². The van der Waals surface area contributed by atoms with Gasteiger partial charge < -0.3 is 10.6 Å². The Labute approximate surface area is 109 Å². The summed E-state index contributed by atoms with van der Waals surface area (Å²) in [4.78, 5) is 1.99. The van der Waals surface area contributed by atoms with E-state index in [9.17, 15) is 4.39 Å². The van der Waals surface area contributed by atoms with Crippen molar-refractivity contribution in [1.29, 1.82) is 0 Å². The van der Waals surface area contributed by atoms with Crippen LogP contribution in [-0.2, 0) is 5.41 Å². The van der Waals surface area contributed by atoms with Crippen LogP contribution in [0.1, 0.15) is 37.7 Å². The van der Waals surface area contributed by atoms with Crippen LogP contribution in [-0.4, -0.2) is 20.6 Å². The third-order valence-electron chi connectivity index (χ3n) is 4.21. The van der Waals surface area contributed by atoms with Crippen LogP contribution in [0.5, 0.6) is 0 Å². The lowest BCUT2D eigenvalue weighted by molar-refractivity contribution is 0.301. The van der Waals surface area contributed by atoms with Crippen molar-refractivity contribution in [3.63, 3.8) is 0 Å². The van der Waals surface area contributed by atoms with Crippen molar-refractivity contribution >= 4 is 5.69 Å². The van der Waals surface area contributed by atoms with E-state index in [1.165, 1.54) is 24.8 Å². The topological polar surface area (TPSA) is 29.3 Å². The van der Waals surface area contributed by atoms with Crippen molar-refractivity contribution in [3.8, 4) is 0 Å². The summed E-state index contributed by atoms with van der Waals surface area (Å²) in [5.41, 5.74) is 8.31. The van der Waals surface area contributed by atoms with Gasteiger partial charge in [0.25, 0.3) is 0 Å². The summed E-state index contributed by atoms with van der Waals surface area (Å²) in [5, 5.41) is 0. The van der Waals surface area contributed by atoms with Crippen LogP contribution in [0.2, 0.25) is 0 Å². The maximum absolute atomic E-state index is 13.4. The molecule has 100 valence electrons. The number of anilines is 1. The molecule has 1 aromatic rings. The molecule has 1 aliphatic carbocycles. The average Bonchev–Trinajstić information content (AvgIpc) is 2.39. The van der Waals surface area contributed by atoms with Crippen LogP contribution in [0, 0.1) is 5.82 Å². The zero-order valence-electron chi connectivity index (χ0n) is 11.4. The fraction of sp³-hybridized carbons (Fsp3) is 0.600. The molecule has 0 radical (unpaired) electrons. The zero-order valence-corrected chi connectivity index (χ0v) is 11.4. The Kier molecular flexibility index (Phi) is 3.91. The van der Waals surface area contributed by atoms with Gasteiger partial charge in [-0.15, -0.1) is 0 Å². The Hall–Kier alpha value is -1.09. The van der Waals surface area contributed by atoms with Crippen molar-refractivity contribution in [2.75, 3.05) is 25.5 Å². The molecule has 2 N–H and O–H groups in total. The van der Waals surface area contributed by atoms with Gasteiger partial charge in [-0.2, -0.15) is 0 Å². The Bertz CT molecular complexity index is 409. The van der Waals surface area contributed by atoms with Gasteiger partial charge in [0, 0.05) is 31.7 Å². The first-order valence-corrected chi connectivity index (χ1v) is 6.76. The molecule has 0 spiro atoms. The van der Waals surface area contributed by atoms with Crippen LogP contribution in [0.15, 0.2) is 18.2 Å². The van der Waals surface area contributed by atoms with E-state index in [0.717, 1.165) is 18.5 Å². The van der Waals surface area contributed by atoms with Crippen LogP contribution in [0.3, 0.4) is 0 Å². The number of halogens is 1. The van der Waals surface area contributed by atoms with Crippen molar-refractivity contribution in [1.82, 2.24) is 0 Å². The molecular formula is C15H23FN2. The van der Waals surface area contributed by atoms with E-state index in [4.69, 9.17) is 5.73 Å². The van der Waals surface area contributed by atoms with Gasteiger partial charge in [0.1, 0.15) is 5.82 Å². The molecule has 0 aromatic heterocycles. The number of hydrogen-bond donors (Lipinski definition) is 1. The highest BCUT2D eigenvalue weighted by atomic mass is 19.1. The van der Waals surface area contributed by atoms with Gasteiger partial charge in [0.2, 0.25) is 0 Å². The van der Waals surface area contributed by atoms with E-state index < -0.39 is 0 Å². The fourth-order valence-corrected chi connectivity index (χ4v) is 3.14. The van der Waals surface area contributed by atoms with E-state index in [0.29, 0.717) is 6.54 Å². The van der Waals surface area contributed by atoms with Gasteiger partial charge in [0.15, 0.2) is 0 Å². The van der Waals surface area contributed by atoms with E-state index in [2.05, 4.69) is 0 Å². The molecule has 2 rings (SSSR count). The van der Waals surface area contributed by atoms with E-state index in [1.807, 2.05) is 25.1 Å². The smallest absolute Gasteiger partial charge is 0.125 e. The summed E-state index contributed by atoms with van der Waals surface area (Å²) in [7, 11) is 3.93. The summed E-state index contributed by atoms with van der Waals surface area (Å²) in [6.07, 6.45) is 5.98. The lowest BCUT2D eigenvalue weighted by Crippen LogP contribution is -2.38. The zero-order chi connectivity index (χ0) is 13.2. The second-order valence-electron chi connectivity index (χ2n) is 5.60. The molecule has 1 fully saturated rings. The third-order valence-corrected chi connectivity index (χ3v) is 4.21. The molecule has 0 heterocycles. The molecule has 0 bridgehead atoms. The molecule has 0 atom stereocenters. The van der Waals surface area contributed by atoms with E-state index >= 15 is 0 Å². The quantitative estimate of drug-likeness (QED) is 0.893. The number of hydrogen-bond acceptors (Lipinski definition) is 2. The summed E-state index contributed by atoms with van der Waals surface area (Å²) in [6.45, 7) is 0.652. The maximum atomic E-state index is 13.4. The van der Waals surface area contributed by atoms with Crippen molar-refractivity contribution < 1.29 is 4.39 Å². The third kappa shape index (κ3) is 2.37. The summed E-state index contributed by atoms with van der Waals surface area (Å²) in [5.74, 6) is -0.176. The van der Waals surface area contributed by atoms with E-state index in [-0.39, 0.29) is 11.2 Å². The number of nitrogens with zero attached hydrogens (tertiary/aromatic N) is 1. The SMILES string of the molecule is CN(C)c1cc(F)ccc1C1(CN)CCCCC1. The Morgan fingerprint density at radius 3 is 2.44 bits per heavy atom. The second kappa shape index (κ2) is 5.27. The van der Waals surface area contributed by atoms with E-state index in [1.54, 1.807) is 12.1 Å². The highest BCUT2D eigenvalue weighted by Gasteiger charge is 2.34. The molecule has 1 aromatic carbocycles. The molecular weight excluding hydrogens is 227 g/mol. The lowest BCUT2D eigenvalue weighted by atomic mass is 9.69. The second-order valence-corrected chi connectivity index (χ2v) is 5.60. The first kappa shape index (κ1) is 13.3. The minimum atomic E-state index is -0.176. The predicted octanol–water partition coefficient (Wildman–Crippen LogP) is 3.05. The summed E-state index contributed by atoms with van der Waals surface area (Å²) < 4.78 is 13.4. The van der Waals surface area contributed by atoms with Crippen molar-refractivity contribution in [3.05, 3.63) is 29.6 Å². The number of nitrogens with two attached hydrogens (primary N) is 1. The van der Waals surface area contributed by atoms with Gasteiger partial charge in [-0.3, -0.25) is 0 Å². The molecule has 1 saturated carbocycles. The Morgan fingerprint density at radius 1 is 1.22 bits per heavy atom. The summed E-state index contributed by atoms with van der Waals surface area (Å²) >= 11 is 0. The monoisotopic (exact) mass is 250 g/mol. The van der Waals surface area contributed by atoms with Crippen LogP contribution >= 0.6 is 0 Å². The van der Waals surface area contributed by atoms with Crippen LogP contribution < -0.4 is 10.6 Å². The van der Waals surface area contributed by atoms with Gasteiger partial charge in [0.05, 0.1) is 0 Å². The van der Waals surface area contributed by atoms with Crippen LogP contribution in [0.4, 0.5) is 10.1 Å². The van der Waals surface area contributed by atoms with Gasteiger partial charge in [-0.25, -0.2) is 4.39 Å². The minimum Gasteiger partial charge on any atom is -0.377 e.